The molecule has 2 unspecified atom stereocenters. The summed E-state index contributed by atoms with van der Waals surface area (Å²) in [4.78, 5) is 14.4. The molecule has 1 aliphatic heterocycles. The molecule has 2 fully saturated rings. The van der Waals surface area contributed by atoms with Gasteiger partial charge in [0.05, 0.1) is 0 Å². The zero-order chi connectivity index (χ0) is 14.0. The topological polar surface area (TPSA) is 32.3 Å². The Morgan fingerprint density at radius 3 is 2.37 bits per heavy atom. The molecule has 19 heavy (non-hydrogen) atoms. The Bertz CT molecular complexity index is 310. The number of likely N-dealkylation sites (tertiary alicyclic amines) is 1. The highest BCUT2D eigenvalue weighted by Crippen LogP contribution is 2.38. The molecule has 1 aliphatic carbocycles. The first-order valence-electron chi connectivity index (χ1n) is 8.00. The highest BCUT2D eigenvalue weighted by atomic mass is 16.1. The standard InChI is InChI=1S/C16H30N2O/c1-11(2)16(19)17-15-8-14(7-13-5-6-13)9-18(10-15)12(3)4/h11-15H,5-10H2,1-4H3,(H,17,19). The number of hydrogen-bond acceptors (Lipinski definition) is 2. The molecule has 110 valence electrons. The van der Waals surface area contributed by atoms with E-state index in [1.165, 1.54) is 32.2 Å². The maximum absolute atomic E-state index is 11.9. The second-order valence-electron chi connectivity index (χ2n) is 7.19. The highest BCUT2D eigenvalue weighted by molar-refractivity contribution is 5.78. The summed E-state index contributed by atoms with van der Waals surface area (Å²) in [5, 5.41) is 3.25. The third-order valence-corrected chi connectivity index (χ3v) is 4.53. The normalized spacial score (nSPS) is 28.9. The summed E-state index contributed by atoms with van der Waals surface area (Å²) in [6.07, 6.45) is 5.41. The molecule has 1 amide bonds. The summed E-state index contributed by atoms with van der Waals surface area (Å²) in [7, 11) is 0. The van der Waals surface area contributed by atoms with E-state index in [9.17, 15) is 4.79 Å². The van der Waals surface area contributed by atoms with Crippen molar-refractivity contribution in [2.24, 2.45) is 17.8 Å². The van der Waals surface area contributed by atoms with Crippen LogP contribution in [0.2, 0.25) is 0 Å². The first kappa shape index (κ1) is 14.8. The van der Waals surface area contributed by atoms with E-state index in [1.54, 1.807) is 0 Å². The first-order chi connectivity index (χ1) is 8.95. The fraction of sp³-hybridized carbons (Fsp3) is 0.938. The Hall–Kier alpha value is -0.570. The number of rotatable bonds is 5. The Labute approximate surface area is 118 Å². The van der Waals surface area contributed by atoms with Crippen LogP contribution in [0.1, 0.15) is 53.4 Å². The van der Waals surface area contributed by atoms with Crippen molar-refractivity contribution in [1.82, 2.24) is 10.2 Å². The number of carbonyl (C=O) groups excluding carboxylic acids is 1. The molecule has 1 heterocycles. The van der Waals surface area contributed by atoms with E-state index in [-0.39, 0.29) is 11.8 Å². The fourth-order valence-electron chi connectivity index (χ4n) is 3.13. The minimum atomic E-state index is 0.0938. The molecule has 0 bridgehead atoms. The quantitative estimate of drug-likeness (QED) is 0.829. The first-order valence-corrected chi connectivity index (χ1v) is 8.00. The minimum Gasteiger partial charge on any atom is -0.352 e. The Kier molecular flexibility index (Phi) is 4.88. The molecule has 0 aromatic carbocycles. The van der Waals surface area contributed by atoms with Gasteiger partial charge < -0.3 is 5.32 Å². The number of nitrogens with one attached hydrogen (secondary N) is 1. The summed E-state index contributed by atoms with van der Waals surface area (Å²) in [6, 6.07) is 0.940. The van der Waals surface area contributed by atoms with Crippen molar-refractivity contribution in [2.45, 2.75) is 65.5 Å². The van der Waals surface area contributed by atoms with Crippen molar-refractivity contribution in [3.63, 3.8) is 0 Å². The van der Waals surface area contributed by atoms with Crippen molar-refractivity contribution in [3.05, 3.63) is 0 Å². The van der Waals surface area contributed by atoms with Crippen LogP contribution in [0.15, 0.2) is 0 Å². The lowest BCUT2D eigenvalue weighted by Gasteiger charge is -2.40. The fourth-order valence-corrected chi connectivity index (χ4v) is 3.13. The average molecular weight is 266 g/mol. The summed E-state index contributed by atoms with van der Waals surface area (Å²) in [6.45, 7) is 10.7. The predicted molar refractivity (Wildman–Crippen MR) is 78.9 cm³/mol. The van der Waals surface area contributed by atoms with Crippen LogP contribution >= 0.6 is 0 Å². The van der Waals surface area contributed by atoms with Gasteiger partial charge in [-0.05, 0) is 38.5 Å². The van der Waals surface area contributed by atoms with Crippen LogP contribution < -0.4 is 5.32 Å². The van der Waals surface area contributed by atoms with Crippen molar-refractivity contribution in [2.75, 3.05) is 13.1 Å². The minimum absolute atomic E-state index is 0.0938. The second-order valence-corrected chi connectivity index (χ2v) is 7.19. The Morgan fingerprint density at radius 2 is 1.84 bits per heavy atom. The van der Waals surface area contributed by atoms with Gasteiger partial charge in [-0.1, -0.05) is 26.7 Å². The molecule has 1 saturated heterocycles. The highest BCUT2D eigenvalue weighted by Gasteiger charge is 2.33. The maximum Gasteiger partial charge on any atom is 0.222 e. The van der Waals surface area contributed by atoms with E-state index in [4.69, 9.17) is 0 Å². The second kappa shape index (κ2) is 6.25. The zero-order valence-electron chi connectivity index (χ0n) is 13.0. The van der Waals surface area contributed by atoms with Crippen molar-refractivity contribution >= 4 is 5.91 Å². The van der Waals surface area contributed by atoms with Gasteiger partial charge in [0.15, 0.2) is 0 Å². The lowest BCUT2D eigenvalue weighted by atomic mass is 9.89. The molecule has 0 aromatic rings. The lowest BCUT2D eigenvalue weighted by Crippen LogP contribution is -2.53. The van der Waals surface area contributed by atoms with Gasteiger partial charge in [-0.2, -0.15) is 0 Å². The van der Waals surface area contributed by atoms with E-state index in [1.807, 2.05) is 13.8 Å². The molecule has 1 N–H and O–H groups in total. The third-order valence-electron chi connectivity index (χ3n) is 4.53. The van der Waals surface area contributed by atoms with Crippen LogP contribution in [-0.4, -0.2) is 36.0 Å². The Balaban J connectivity index is 1.91. The zero-order valence-corrected chi connectivity index (χ0v) is 13.0. The SMILES string of the molecule is CC(C)C(=O)NC1CC(CC2CC2)CN(C(C)C)C1. The van der Waals surface area contributed by atoms with Gasteiger partial charge in [-0.3, -0.25) is 9.69 Å². The van der Waals surface area contributed by atoms with Crippen LogP contribution in [0.3, 0.4) is 0 Å². The van der Waals surface area contributed by atoms with E-state index in [2.05, 4.69) is 24.1 Å². The summed E-state index contributed by atoms with van der Waals surface area (Å²) >= 11 is 0. The summed E-state index contributed by atoms with van der Waals surface area (Å²) in [5.74, 6) is 2.07. The molecule has 0 aromatic heterocycles. The van der Waals surface area contributed by atoms with Crippen molar-refractivity contribution < 1.29 is 4.79 Å². The van der Waals surface area contributed by atoms with Gasteiger partial charge in [0.2, 0.25) is 5.91 Å². The van der Waals surface area contributed by atoms with Crippen LogP contribution in [0.5, 0.6) is 0 Å². The molecule has 2 atom stereocenters. The van der Waals surface area contributed by atoms with E-state index in [0.717, 1.165) is 18.4 Å². The van der Waals surface area contributed by atoms with Crippen LogP contribution in [0.4, 0.5) is 0 Å². The molecule has 2 aliphatic rings. The van der Waals surface area contributed by atoms with E-state index in [0.29, 0.717) is 12.1 Å². The number of nitrogens with zero attached hydrogens (tertiary/aromatic N) is 1. The van der Waals surface area contributed by atoms with Gasteiger partial charge in [-0.25, -0.2) is 0 Å². The number of hydrogen-bond donors (Lipinski definition) is 1. The molecule has 0 spiro atoms. The van der Waals surface area contributed by atoms with Gasteiger partial charge in [0.1, 0.15) is 0 Å². The van der Waals surface area contributed by atoms with Gasteiger partial charge in [-0.15, -0.1) is 0 Å². The monoisotopic (exact) mass is 266 g/mol. The molecular formula is C16H30N2O. The molecule has 2 rings (SSSR count). The Morgan fingerprint density at radius 1 is 1.16 bits per heavy atom. The van der Waals surface area contributed by atoms with Crippen molar-refractivity contribution in [3.8, 4) is 0 Å². The predicted octanol–water partition coefficient (Wildman–Crippen LogP) is 2.66. The van der Waals surface area contributed by atoms with Gasteiger partial charge >= 0.3 is 0 Å². The summed E-state index contributed by atoms with van der Waals surface area (Å²) in [5.41, 5.74) is 0. The molecule has 1 saturated carbocycles. The smallest absolute Gasteiger partial charge is 0.222 e. The van der Waals surface area contributed by atoms with Crippen LogP contribution in [-0.2, 0) is 4.79 Å². The number of amides is 1. The van der Waals surface area contributed by atoms with E-state index < -0.39 is 0 Å². The number of piperidine rings is 1. The van der Waals surface area contributed by atoms with Gasteiger partial charge in [0, 0.05) is 31.1 Å². The van der Waals surface area contributed by atoms with Crippen LogP contribution in [0, 0.1) is 17.8 Å². The third kappa shape index (κ3) is 4.48. The molecule has 3 nitrogen and oxygen atoms in total. The van der Waals surface area contributed by atoms with Gasteiger partial charge in [0.25, 0.3) is 0 Å². The maximum atomic E-state index is 11.9. The lowest BCUT2D eigenvalue weighted by molar-refractivity contribution is -0.125. The van der Waals surface area contributed by atoms with E-state index >= 15 is 0 Å². The molecule has 3 heteroatoms. The van der Waals surface area contributed by atoms with Crippen molar-refractivity contribution in [1.29, 1.82) is 0 Å². The molecule has 0 radical (unpaired) electrons. The largest absolute Gasteiger partial charge is 0.352 e. The average Bonchev–Trinajstić information content (AvgIpc) is 3.12. The number of carbonyl (C=O) groups is 1. The van der Waals surface area contributed by atoms with Crippen LogP contribution in [0.25, 0.3) is 0 Å². The summed E-state index contributed by atoms with van der Waals surface area (Å²) < 4.78 is 0. The molecular weight excluding hydrogens is 236 g/mol.